The van der Waals surface area contributed by atoms with Crippen molar-refractivity contribution in [2.75, 3.05) is 24.5 Å². The largest absolute Gasteiger partial charge is 0.357 e. The normalized spacial score (nSPS) is 12.4. The van der Waals surface area contributed by atoms with Crippen molar-refractivity contribution in [3.8, 4) is 0 Å². The summed E-state index contributed by atoms with van der Waals surface area (Å²) >= 11 is 0. The minimum atomic E-state index is 0.712. The lowest BCUT2D eigenvalue weighted by molar-refractivity contribution is 0.545. The fourth-order valence-electron chi connectivity index (χ4n) is 1.90. The summed E-state index contributed by atoms with van der Waals surface area (Å²) in [4.78, 5) is 6.87. The van der Waals surface area contributed by atoms with Gasteiger partial charge in [-0.1, -0.05) is 27.2 Å². The van der Waals surface area contributed by atoms with Crippen LogP contribution in [0.4, 0.5) is 5.82 Å². The lowest BCUT2D eigenvalue weighted by atomic mass is 10.1. The highest BCUT2D eigenvalue weighted by molar-refractivity contribution is 5.40. The summed E-state index contributed by atoms with van der Waals surface area (Å²) < 4.78 is 0. The highest BCUT2D eigenvalue weighted by Crippen LogP contribution is 2.15. The first-order chi connectivity index (χ1) is 8.71. The lowest BCUT2D eigenvalue weighted by Crippen LogP contribution is -2.29. The van der Waals surface area contributed by atoms with Crippen LogP contribution in [-0.2, 0) is 6.54 Å². The number of rotatable bonds is 8. The molecule has 1 unspecified atom stereocenters. The van der Waals surface area contributed by atoms with Crippen LogP contribution in [0.2, 0.25) is 0 Å². The molecule has 0 radical (unpaired) electrons. The Morgan fingerprint density at radius 2 is 2.11 bits per heavy atom. The molecule has 3 nitrogen and oxygen atoms in total. The third-order valence-corrected chi connectivity index (χ3v) is 3.32. The third kappa shape index (κ3) is 4.65. The van der Waals surface area contributed by atoms with Crippen LogP contribution >= 0.6 is 0 Å². The Hall–Kier alpha value is -1.09. The molecule has 1 atom stereocenters. The van der Waals surface area contributed by atoms with Crippen molar-refractivity contribution in [1.82, 2.24) is 10.3 Å². The van der Waals surface area contributed by atoms with E-state index in [-0.39, 0.29) is 0 Å². The first kappa shape index (κ1) is 15.0. The lowest BCUT2D eigenvalue weighted by Gasteiger charge is -2.25. The monoisotopic (exact) mass is 249 g/mol. The predicted molar refractivity (Wildman–Crippen MR) is 79.0 cm³/mol. The molecule has 0 saturated carbocycles. The van der Waals surface area contributed by atoms with E-state index < -0.39 is 0 Å². The van der Waals surface area contributed by atoms with Crippen LogP contribution in [0.1, 0.15) is 39.7 Å². The van der Waals surface area contributed by atoms with Gasteiger partial charge >= 0.3 is 0 Å². The van der Waals surface area contributed by atoms with Gasteiger partial charge in [0.05, 0.1) is 0 Å². The smallest absolute Gasteiger partial charge is 0.128 e. The number of pyridine rings is 1. The maximum absolute atomic E-state index is 4.50. The first-order valence-corrected chi connectivity index (χ1v) is 7.11. The van der Waals surface area contributed by atoms with Gasteiger partial charge in [0.25, 0.3) is 0 Å². The predicted octanol–water partition coefficient (Wildman–Crippen LogP) is 3.06. The van der Waals surface area contributed by atoms with Gasteiger partial charge in [-0.25, -0.2) is 4.98 Å². The zero-order valence-corrected chi connectivity index (χ0v) is 12.2. The fraction of sp³-hybridized carbons (Fsp3) is 0.667. The summed E-state index contributed by atoms with van der Waals surface area (Å²) in [5.74, 6) is 1.82. The summed E-state index contributed by atoms with van der Waals surface area (Å²) in [6.07, 6.45) is 3.13. The molecule has 0 aliphatic rings. The van der Waals surface area contributed by atoms with E-state index in [0.29, 0.717) is 5.92 Å². The van der Waals surface area contributed by atoms with E-state index in [1.807, 2.05) is 6.20 Å². The molecule has 1 aromatic rings. The van der Waals surface area contributed by atoms with Gasteiger partial charge in [-0.05, 0) is 37.1 Å². The van der Waals surface area contributed by atoms with E-state index in [1.54, 1.807) is 0 Å². The molecular formula is C15H27N3. The van der Waals surface area contributed by atoms with Crippen molar-refractivity contribution in [3.05, 3.63) is 23.9 Å². The van der Waals surface area contributed by atoms with Crippen LogP contribution in [0.15, 0.2) is 18.3 Å². The minimum Gasteiger partial charge on any atom is -0.357 e. The zero-order chi connectivity index (χ0) is 13.4. The molecule has 0 aliphatic heterocycles. The first-order valence-electron chi connectivity index (χ1n) is 7.11. The van der Waals surface area contributed by atoms with E-state index in [9.17, 15) is 0 Å². The van der Waals surface area contributed by atoms with E-state index >= 15 is 0 Å². The topological polar surface area (TPSA) is 28.2 Å². The summed E-state index contributed by atoms with van der Waals surface area (Å²) in [5, 5.41) is 3.35. The third-order valence-electron chi connectivity index (χ3n) is 3.32. The van der Waals surface area contributed by atoms with Gasteiger partial charge < -0.3 is 10.2 Å². The Morgan fingerprint density at radius 3 is 2.72 bits per heavy atom. The zero-order valence-electron chi connectivity index (χ0n) is 12.2. The Labute approximate surface area is 112 Å². The number of nitrogens with zero attached hydrogens (tertiary/aromatic N) is 2. The highest BCUT2D eigenvalue weighted by Gasteiger charge is 2.09. The minimum absolute atomic E-state index is 0.712. The van der Waals surface area contributed by atoms with Crippen LogP contribution in [0.25, 0.3) is 0 Å². The van der Waals surface area contributed by atoms with Gasteiger partial charge in [0.15, 0.2) is 0 Å². The average Bonchev–Trinajstić information content (AvgIpc) is 2.42. The molecule has 0 aromatic carbocycles. The molecule has 1 heterocycles. The summed E-state index contributed by atoms with van der Waals surface area (Å²) in [7, 11) is 0. The number of hydrogen-bond donors (Lipinski definition) is 1. The quantitative estimate of drug-likeness (QED) is 0.767. The Kier molecular flexibility index (Phi) is 6.73. The second kappa shape index (κ2) is 8.09. The molecule has 1 rings (SSSR count). The maximum atomic E-state index is 4.50. The van der Waals surface area contributed by atoms with Crippen molar-refractivity contribution >= 4 is 5.82 Å². The van der Waals surface area contributed by atoms with E-state index in [1.165, 1.54) is 12.0 Å². The van der Waals surface area contributed by atoms with Gasteiger partial charge in [0.1, 0.15) is 5.82 Å². The van der Waals surface area contributed by atoms with Crippen LogP contribution < -0.4 is 10.2 Å². The van der Waals surface area contributed by atoms with Gasteiger partial charge in [-0.3, -0.25) is 0 Å². The van der Waals surface area contributed by atoms with Crippen molar-refractivity contribution in [1.29, 1.82) is 0 Å². The van der Waals surface area contributed by atoms with E-state index in [4.69, 9.17) is 0 Å². The van der Waals surface area contributed by atoms with Gasteiger partial charge in [0.2, 0.25) is 0 Å². The number of nitrogens with one attached hydrogen (secondary N) is 1. The molecule has 18 heavy (non-hydrogen) atoms. The molecule has 3 heteroatoms. The summed E-state index contributed by atoms with van der Waals surface area (Å²) in [5.41, 5.74) is 1.31. The Balaban J connectivity index is 2.72. The standard InChI is InChI=1S/C15H27N3/c1-5-13(4)12-18(7-3)15-10-14(8-9-17-15)11-16-6-2/h8-10,13,16H,5-7,11-12H2,1-4H3. The Morgan fingerprint density at radius 1 is 1.33 bits per heavy atom. The molecule has 0 spiro atoms. The molecule has 1 aromatic heterocycles. The molecule has 0 fully saturated rings. The van der Waals surface area contributed by atoms with Crippen LogP contribution in [0.5, 0.6) is 0 Å². The van der Waals surface area contributed by atoms with Crippen LogP contribution in [-0.4, -0.2) is 24.6 Å². The van der Waals surface area contributed by atoms with Crippen LogP contribution in [0, 0.1) is 5.92 Å². The van der Waals surface area contributed by atoms with Crippen LogP contribution in [0.3, 0.4) is 0 Å². The van der Waals surface area contributed by atoms with Gasteiger partial charge in [0, 0.05) is 25.8 Å². The number of hydrogen-bond acceptors (Lipinski definition) is 3. The molecule has 0 saturated heterocycles. The molecule has 0 aliphatic carbocycles. The number of aromatic nitrogens is 1. The number of anilines is 1. The SMILES string of the molecule is CCNCc1ccnc(N(CC)CC(C)CC)c1. The molecule has 102 valence electrons. The van der Waals surface area contributed by atoms with Gasteiger partial charge in [-0.2, -0.15) is 0 Å². The Bertz CT molecular complexity index is 338. The van der Waals surface area contributed by atoms with E-state index in [2.05, 4.69) is 55.0 Å². The second-order valence-corrected chi connectivity index (χ2v) is 4.85. The average molecular weight is 249 g/mol. The van der Waals surface area contributed by atoms with Crippen molar-refractivity contribution < 1.29 is 0 Å². The van der Waals surface area contributed by atoms with Gasteiger partial charge in [-0.15, -0.1) is 0 Å². The molecule has 0 bridgehead atoms. The highest BCUT2D eigenvalue weighted by atomic mass is 15.2. The van der Waals surface area contributed by atoms with E-state index in [0.717, 1.165) is 32.0 Å². The fourth-order valence-corrected chi connectivity index (χ4v) is 1.90. The summed E-state index contributed by atoms with van der Waals surface area (Å²) in [6, 6.07) is 4.29. The molecule has 0 amide bonds. The molecule has 1 N–H and O–H groups in total. The maximum Gasteiger partial charge on any atom is 0.128 e. The van der Waals surface area contributed by atoms with Crippen molar-refractivity contribution in [3.63, 3.8) is 0 Å². The van der Waals surface area contributed by atoms with Crippen molar-refractivity contribution in [2.45, 2.75) is 40.7 Å². The summed E-state index contributed by atoms with van der Waals surface area (Å²) in [6.45, 7) is 12.9. The second-order valence-electron chi connectivity index (χ2n) is 4.85. The molecular weight excluding hydrogens is 222 g/mol. The van der Waals surface area contributed by atoms with Crippen molar-refractivity contribution in [2.24, 2.45) is 5.92 Å².